The maximum atomic E-state index is 7.15. The zero-order chi connectivity index (χ0) is 9.10. The third kappa shape index (κ3) is 1.33. The molecule has 0 aliphatic carbocycles. The van der Waals surface area contributed by atoms with Gasteiger partial charge in [-0.15, -0.1) is 0 Å². The van der Waals surface area contributed by atoms with Gasteiger partial charge in [-0.2, -0.15) is 0 Å². The van der Waals surface area contributed by atoms with Crippen LogP contribution in [0.1, 0.15) is 20.3 Å². The van der Waals surface area contributed by atoms with Crippen molar-refractivity contribution in [1.29, 1.82) is 0 Å². The second-order valence-electron chi connectivity index (χ2n) is 2.84. The summed E-state index contributed by atoms with van der Waals surface area (Å²) in [6.45, 7) is 0.278. The zero-order valence-corrected chi connectivity index (χ0v) is 6.73. The molecule has 0 bridgehead atoms. The van der Waals surface area contributed by atoms with Crippen LogP contribution < -0.4 is 0 Å². The Labute approximate surface area is 73.3 Å². The zero-order valence-electron chi connectivity index (χ0n) is 7.73. The monoisotopic (exact) mass is 162 g/mol. The molecule has 1 aromatic rings. The molecule has 1 aliphatic heterocycles. The van der Waals surface area contributed by atoms with E-state index in [0.717, 1.165) is 17.7 Å². The van der Waals surface area contributed by atoms with E-state index in [1.807, 2.05) is 30.3 Å². The highest BCUT2D eigenvalue weighted by atomic mass is 16.6. The molecular formula is C10H11NO. The highest BCUT2D eigenvalue weighted by molar-refractivity contribution is 6.01. The minimum Gasteiger partial charge on any atom is -0.392 e. The van der Waals surface area contributed by atoms with Gasteiger partial charge < -0.3 is 4.84 Å². The normalized spacial score (nSPS) is 22.8. The van der Waals surface area contributed by atoms with Crippen molar-refractivity contribution in [2.75, 3.05) is 0 Å². The quantitative estimate of drug-likeness (QED) is 0.620. The lowest BCUT2D eigenvalue weighted by atomic mass is 10.1. The van der Waals surface area contributed by atoms with Crippen molar-refractivity contribution in [2.45, 2.75) is 19.4 Å². The van der Waals surface area contributed by atoms with Crippen molar-refractivity contribution in [2.24, 2.45) is 5.16 Å². The molecule has 12 heavy (non-hydrogen) atoms. The van der Waals surface area contributed by atoms with E-state index < -0.39 is 0 Å². The molecule has 0 spiro atoms. The summed E-state index contributed by atoms with van der Waals surface area (Å²) in [5, 5.41) is 3.95. The third-order valence-corrected chi connectivity index (χ3v) is 1.84. The first kappa shape index (κ1) is 6.23. The van der Waals surface area contributed by atoms with Gasteiger partial charge in [0.15, 0.2) is 0 Å². The standard InChI is InChI=1S/C10H11NO/c1-8-7-10(11-12-8)9-5-3-2-4-6-9/h2-6,8H,7H2,1H3/i1D. The van der Waals surface area contributed by atoms with E-state index in [1.165, 1.54) is 0 Å². The largest absolute Gasteiger partial charge is 0.392 e. The van der Waals surface area contributed by atoms with E-state index in [2.05, 4.69) is 5.16 Å². The first-order chi connectivity index (χ1) is 6.40. The molecule has 0 saturated carbocycles. The van der Waals surface area contributed by atoms with E-state index in [4.69, 9.17) is 6.21 Å². The summed E-state index contributed by atoms with van der Waals surface area (Å²) in [5.41, 5.74) is 2.05. The molecule has 1 heterocycles. The Morgan fingerprint density at radius 3 is 3.00 bits per heavy atom. The molecular weight excluding hydrogens is 150 g/mol. The molecule has 0 saturated heterocycles. The fourth-order valence-corrected chi connectivity index (χ4v) is 1.23. The van der Waals surface area contributed by atoms with Crippen molar-refractivity contribution >= 4 is 5.71 Å². The van der Waals surface area contributed by atoms with Crippen molar-refractivity contribution in [3.05, 3.63) is 35.9 Å². The minimum absolute atomic E-state index is 0.0461. The molecule has 0 aromatic heterocycles. The molecule has 0 fully saturated rings. The second-order valence-corrected chi connectivity index (χ2v) is 2.84. The van der Waals surface area contributed by atoms with Crippen molar-refractivity contribution in [1.82, 2.24) is 0 Å². The van der Waals surface area contributed by atoms with Gasteiger partial charge in [0, 0.05) is 7.79 Å². The molecule has 1 aliphatic rings. The summed E-state index contributed by atoms with van der Waals surface area (Å²) in [4.78, 5) is 5.07. The van der Waals surface area contributed by atoms with Gasteiger partial charge in [-0.25, -0.2) is 0 Å². The van der Waals surface area contributed by atoms with E-state index in [-0.39, 0.29) is 13.0 Å². The summed E-state index contributed by atoms with van der Waals surface area (Å²) >= 11 is 0. The number of nitrogens with zero attached hydrogens (tertiary/aromatic N) is 1. The molecule has 2 heteroatoms. The number of hydrogen-bond acceptors (Lipinski definition) is 2. The average molecular weight is 162 g/mol. The Balaban J connectivity index is 2.12. The van der Waals surface area contributed by atoms with Crippen molar-refractivity contribution < 1.29 is 6.21 Å². The lowest BCUT2D eigenvalue weighted by molar-refractivity contribution is 0.0995. The third-order valence-electron chi connectivity index (χ3n) is 1.84. The Hall–Kier alpha value is -1.31. The van der Waals surface area contributed by atoms with Crippen LogP contribution in [0.4, 0.5) is 0 Å². The molecule has 1 atom stereocenters. The fraction of sp³-hybridized carbons (Fsp3) is 0.300. The topological polar surface area (TPSA) is 21.6 Å². The lowest BCUT2D eigenvalue weighted by Gasteiger charge is -1.97. The summed E-state index contributed by atoms with van der Waals surface area (Å²) in [6.07, 6.45) is 0.711. The molecule has 2 rings (SSSR count). The molecule has 0 radical (unpaired) electrons. The predicted molar refractivity (Wildman–Crippen MR) is 48.1 cm³/mol. The second kappa shape index (κ2) is 2.97. The highest BCUT2D eigenvalue weighted by Gasteiger charge is 2.16. The Bertz CT molecular complexity index is 310. The summed E-state index contributed by atoms with van der Waals surface area (Å²) < 4.78 is 7.15. The Kier molecular flexibility index (Phi) is 1.54. The van der Waals surface area contributed by atoms with E-state index in [1.54, 1.807) is 0 Å². The number of benzene rings is 1. The summed E-state index contributed by atoms with van der Waals surface area (Å²) in [7, 11) is 0. The van der Waals surface area contributed by atoms with Crippen LogP contribution in [-0.4, -0.2) is 11.8 Å². The fourth-order valence-electron chi connectivity index (χ4n) is 1.23. The van der Waals surface area contributed by atoms with Crippen LogP contribution in [0.25, 0.3) is 0 Å². The van der Waals surface area contributed by atoms with E-state index in [0.29, 0.717) is 0 Å². The number of rotatable bonds is 1. The van der Waals surface area contributed by atoms with Gasteiger partial charge in [-0.1, -0.05) is 35.5 Å². The Morgan fingerprint density at radius 2 is 2.33 bits per heavy atom. The lowest BCUT2D eigenvalue weighted by Crippen LogP contribution is -2.02. The first-order valence-electron chi connectivity index (χ1n) is 4.68. The number of oxime groups is 1. The van der Waals surface area contributed by atoms with Gasteiger partial charge in [-0.3, -0.25) is 0 Å². The molecule has 1 unspecified atom stereocenters. The van der Waals surface area contributed by atoms with Gasteiger partial charge in [-0.05, 0) is 12.5 Å². The SMILES string of the molecule is [2H]CC1CC(c2ccccc2)=NO1. The maximum Gasteiger partial charge on any atom is 0.130 e. The molecule has 0 amide bonds. The molecule has 2 nitrogen and oxygen atoms in total. The van der Waals surface area contributed by atoms with Gasteiger partial charge >= 0.3 is 0 Å². The summed E-state index contributed by atoms with van der Waals surface area (Å²) in [6, 6.07) is 9.95. The van der Waals surface area contributed by atoms with Crippen LogP contribution in [0.3, 0.4) is 0 Å². The van der Waals surface area contributed by atoms with Crippen molar-refractivity contribution in [3.8, 4) is 0 Å². The highest BCUT2D eigenvalue weighted by Crippen LogP contribution is 2.15. The Morgan fingerprint density at radius 1 is 1.50 bits per heavy atom. The van der Waals surface area contributed by atoms with Gasteiger partial charge in [0.1, 0.15) is 6.10 Å². The van der Waals surface area contributed by atoms with E-state index >= 15 is 0 Å². The van der Waals surface area contributed by atoms with Crippen LogP contribution in [-0.2, 0) is 4.84 Å². The van der Waals surface area contributed by atoms with Crippen LogP contribution in [0, 0.1) is 0 Å². The first-order valence-corrected chi connectivity index (χ1v) is 3.97. The minimum atomic E-state index is -0.0461. The maximum absolute atomic E-state index is 7.15. The van der Waals surface area contributed by atoms with Crippen LogP contribution in [0.5, 0.6) is 0 Å². The smallest absolute Gasteiger partial charge is 0.130 e. The van der Waals surface area contributed by atoms with Crippen LogP contribution in [0.15, 0.2) is 35.5 Å². The van der Waals surface area contributed by atoms with Gasteiger partial charge in [0.25, 0.3) is 0 Å². The summed E-state index contributed by atoms with van der Waals surface area (Å²) in [5.74, 6) is 0. The number of hydrogen-bond donors (Lipinski definition) is 0. The molecule has 62 valence electrons. The van der Waals surface area contributed by atoms with Crippen molar-refractivity contribution in [3.63, 3.8) is 0 Å². The molecule has 1 aromatic carbocycles. The van der Waals surface area contributed by atoms with Gasteiger partial charge in [0.2, 0.25) is 0 Å². The predicted octanol–water partition coefficient (Wildman–Crippen LogP) is 2.20. The van der Waals surface area contributed by atoms with Gasteiger partial charge in [0.05, 0.1) is 5.71 Å². The van der Waals surface area contributed by atoms with Crippen LogP contribution in [0.2, 0.25) is 0 Å². The van der Waals surface area contributed by atoms with E-state index in [9.17, 15) is 0 Å². The molecule has 0 N–H and O–H groups in total. The van der Waals surface area contributed by atoms with Crippen LogP contribution >= 0.6 is 0 Å². The average Bonchev–Trinajstić information content (AvgIpc) is 2.67.